The van der Waals surface area contributed by atoms with E-state index in [4.69, 9.17) is 0 Å². The molecule has 1 rings (SSSR count). The fourth-order valence-corrected chi connectivity index (χ4v) is 4.09. The van der Waals surface area contributed by atoms with Gasteiger partial charge in [0.1, 0.15) is 22.6 Å². The summed E-state index contributed by atoms with van der Waals surface area (Å²) in [5.74, 6) is -3.41. The number of methoxy groups -OCH3 is 1. The summed E-state index contributed by atoms with van der Waals surface area (Å²) in [6.07, 6.45) is 0. The number of hydrogen-bond acceptors (Lipinski definition) is 4. The highest BCUT2D eigenvalue weighted by atomic mass is 79.9. The Hall–Kier alpha value is -1.06. The molecule has 0 spiro atoms. The summed E-state index contributed by atoms with van der Waals surface area (Å²) >= 11 is 2.80. The second-order valence-corrected chi connectivity index (χ2v) is 7.07. The van der Waals surface area contributed by atoms with Gasteiger partial charge in [0.25, 0.3) is 0 Å². The third kappa shape index (κ3) is 4.21. The van der Waals surface area contributed by atoms with Crippen LogP contribution in [-0.2, 0) is 19.6 Å². The highest BCUT2D eigenvalue weighted by molar-refractivity contribution is 9.10. The Balaban J connectivity index is 3.26. The van der Waals surface area contributed by atoms with E-state index in [2.05, 4.69) is 25.4 Å². The van der Waals surface area contributed by atoms with Crippen LogP contribution in [0.4, 0.5) is 8.78 Å². The normalized spacial score (nSPS) is 13.3. The van der Waals surface area contributed by atoms with Gasteiger partial charge in [-0.05, 0) is 27.9 Å². The minimum absolute atomic E-state index is 0.278. The van der Waals surface area contributed by atoms with Gasteiger partial charge in [-0.3, -0.25) is 4.79 Å². The van der Waals surface area contributed by atoms with E-state index in [1.54, 1.807) is 13.8 Å². The lowest BCUT2D eigenvalue weighted by molar-refractivity contribution is -0.143. The maximum absolute atomic E-state index is 13.7. The Kier molecular flexibility index (Phi) is 5.83. The molecule has 118 valence electrons. The van der Waals surface area contributed by atoms with Crippen molar-refractivity contribution in [1.82, 2.24) is 4.72 Å². The van der Waals surface area contributed by atoms with Gasteiger partial charge in [0.05, 0.1) is 7.11 Å². The van der Waals surface area contributed by atoms with Crippen molar-refractivity contribution in [3.8, 4) is 0 Å². The van der Waals surface area contributed by atoms with Crippen molar-refractivity contribution in [2.45, 2.75) is 24.8 Å². The monoisotopic (exact) mass is 385 g/mol. The van der Waals surface area contributed by atoms with Gasteiger partial charge in [-0.25, -0.2) is 17.2 Å². The van der Waals surface area contributed by atoms with E-state index in [0.717, 1.165) is 13.2 Å². The molecule has 1 atom stereocenters. The summed E-state index contributed by atoms with van der Waals surface area (Å²) in [5.41, 5.74) is 0. The maximum Gasteiger partial charge on any atom is 0.324 e. The van der Waals surface area contributed by atoms with Crippen LogP contribution in [-0.4, -0.2) is 27.5 Å². The van der Waals surface area contributed by atoms with Crippen molar-refractivity contribution in [1.29, 1.82) is 0 Å². The summed E-state index contributed by atoms with van der Waals surface area (Å²) in [6.45, 7) is 3.19. The van der Waals surface area contributed by atoms with Gasteiger partial charge in [0.15, 0.2) is 0 Å². The molecule has 0 amide bonds. The predicted molar refractivity (Wildman–Crippen MR) is 75.0 cm³/mol. The quantitative estimate of drug-likeness (QED) is 0.788. The second-order valence-electron chi connectivity index (χ2n) is 4.56. The van der Waals surface area contributed by atoms with Gasteiger partial charge in [-0.1, -0.05) is 13.8 Å². The number of esters is 1. The lowest BCUT2D eigenvalue weighted by atomic mass is 10.1. The number of hydrogen-bond donors (Lipinski definition) is 1. The minimum atomic E-state index is -4.38. The van der Waals surface area contributed by atoms with Crippen LogP contribution in [0, 0.1) is 17.6 Å². The Bertz CT molecular complexity index is 626. The average molecular weight is 386 g/mol. The Labute approximate surface area is 129 Å². The topological polar surface area (TPSA) is 72.5 Å². The van der Waals surface area contributed by atoms with Gasteiger partial charge in [-0.15, -0.1) is 0 Å². The zero-order valence-corrected chi connectivity index (χ0v) is 13.9. The summed E-state index contributed by atoms with van der Waals surface area (Å²) in [7, 11) is -3.27. The largest absolute Gasteiger partial charge is 0.468 e. The van der Waals surface area contributed by atoms with Gasteiger partial charge in [0, 0.05) is 10.5 Å². The van der Waals surface area contributed by atoms with Crippen molar-refractivity contribution in [3.63, 3.8) is 0 Å². The molecule has 0 aliphatic carbocycles. The van der Waals surface area contributed by atoms with E-state index >= 15 is 0 Å². The molecule has 21 heavy (non-hydrogen) atoms. The van der Waals surface area contributed by atoms with Crippen LogP contribution >= 0.6 is 15.9 Å². The molecule has 1 aromatic carbocycles. The van der Waals surface area contributed by atoms with E-state index in [1.807, 2.05) is 0 Å². The number of nitrogens with one attached hydrogen (secondary N) is 1. The predicted octanol–water partition coefficient (Wildman–Crippen LogP) is 2.20. The molecule has 0 radical (unpaired) electrons. The number of carbonyl (C=O) groups excluding carboxylic acids is 1. The lowest BCUT2D eigenvalue weighted by Crippen LogP contribution is -2.45. The second kappa shape index (κ2) is 6.80. The van der Waals surface area contributed by atoms with Gasteiger partial charge < -0.3 is 4.74 Å². The Morgan fingerprint density at radius 1 is 1.33 bits per heavy atom. The van der Waals surface area contributed by atoms with Crippen molar-refractivity contribution < 1.29 is 26.7 Å². The molecule has 0 heterocycles. The lowest BCUT2D eigenvalue weighted by Gasteiger charge is -2.20. The van der Waals surface area contributed by atoms with Crippen LogP contribution in [0.5, 0.6) is 0 Å². The molecule has 0 saturated carbocycles. The first-order valence-electron chi connectivity index (χ1n) is 5.85. The maximum atomic E-state index is 13.7. The van der Waals surface area contributed by atoms with Crippen LogP contribution in [0.2, 0.25) is 0 Å². The number of carbonyl (C=O) groups is 1. The molecule has 9 heteroatoms. The molecule has 5 nitrogen and oxygen atoms in total. The van der Waals surface area contributed by atoms with E-state index in [1.165, 1.54) is 0 Å². The molecule has 0 aliphatic heterocycles. The van der Waals surface area contributed by atoms with E-state index in [0.29, 0.717) is 6.07 Å². The number of ether oxygens (including phenoxy) is 1. The molecule has 1 aromatic rings. The fourth-order valence-electron chi connectivity index (χ4n) is 1.60. The summed E-state index contributed by atoms with van der Waals surface area (Å²) in [4.78, 5) is 10.8. The van der Waals surface area contributed by atoms with Gasteiger partial charge >= 0.3 is 5.97 Å². The van der Waals surface area contributed by atoms with Crippen molar-refractivity contribution in [3.05, 3.63) is 28.2 Å². The van der Waals surface area contributed by atoms with Crippen LogP contribution in [0.1, 0.15) is 13.8 Å². The van der Waals surface area contributed by atoms with E-state index in [9.17, 15) is 22.0 Å². The molecule has 0 aliphatic rings. The highest BCUT2D eigenvalue weighted by Gasteiger charge is 2.32. The third-order valence-electron chi connectivity index (χ3n) is 2.64. The van der Waals surface area contributed by atoms with Crippen LogP contribution < -0.4 is 4.72 Å². The summed E-state index contributed by atoms with van der Waals surface area (Å²) < 4.78 is 57.5. The molecule has 0 fully saturated rings. The number of benzene rings is 1. The summed E-state index contributed by atoms with van der Waals surface area (Å²) in [5, 5.41) is 0. The van der Waals surface area contributed by atoms with Crippen molar-refractivity contribution in [2.24, 2.45) is 5.92 Å². The van der Waals surface area contributed by atoms with Crippen LogP contribution in [0.3, 0.4) is 0 Å². The molecular formula is C12H14BrF2NO4S. The molecule has 0 saturated heterocycles. The van der Waals surface area contributed by atoms with E-state index < -0.39 is 44.5 Å². The first-order valence-corrected chi connectivity index (χ1v) is 8.12. The zero-order valence-electron chi connectivity index (χ0n) is 11.5. The van der Waals surface area contributed by atoms with Crippen molar-refractivity contribution in [2.75, 3.05) is 7.11 Å². The number of sulfonamides is 1. The highest BCUT2D eigenvalue weighted by Crippen LogP contribution is 2.26. The molecule has 1 unspecified atom stereocenters. The van der Waals surface area contributed by atoms with Crippen LogP contribution in [0.25, 0.3) is 0 Å². The molecular weight excluding hydrogens is 372 g/mol. The molecule has 1 N–H and O–H groups in total. The SMILES string of the molecule is COC(=O)C(NS(=O)(=O)c1c(F)cc(F)cc1Br)C(C)C. The minimum Gasteiger partial charge on any atom is -0.468 e. The average Bonchev–Trinajstić information content (AvgIpc) is 2.33. The van der Waals surface area contributed by atoms with Gasteiger partial charge in [0.2, 0.25) is 10.0 Å². The first-order chi connectivity index (χ1) is 9.60. The van der Waals surface area contributed by atoms with E-state index in [-0.39, 0.29) is 4.47 Å². The third-order valence-corrected chi connectivity index (χ3v) is 5.04. The smallest absolute Gasteiger partial charge is 0.324 e. The fraction of sp³-hybridized carbons (Fsp3) is 0.417. The van der Waals surface area contributed by atoms with Gasteiger partial charge in [-0.2, -0.15) is 4.72 Å². The zero-order chi connectivity index (χ0) is 16.4. The van der Waals surface area contributed by atoms with Crippen molar-refractivity contribution >= 4 is 31.9 Å². The Morgan fingerprint density at radius 2 is 1.90 bits per heavy atom. The summed E-state index contributed by atoms with van der Waals surface area (Å²) in [6, 6.07) is 0.0820. The molecule has 0 bridgehead atoms. The molecule has 0 aromatic heterocycles. The number of halogens is 3. The standard InChI is InChI=1S/C12H14BrF2NO4S/c1-6(2)10(12(17)20-3)16-21(18,19)11-8(13)4-7(14)5-9(11)15/h4-6,10,16H,1-3H3. The Morgan fingerprint density at radius 3 is 2.33 bits per heavy atom. The first kappa shape index (κ1) is 18.0. The number of rotatable bonds is 5. The van der Waals surface area contributed by atoms with Crippen LogP contribution in [0.15, 0.2) is 21.5 Å².